The molecule has 1 aliphatic heterocycles. The quantitative estimate of drug-likeness (QED) is 0.742. The van der Waals surface area contributed by atoms with Crippen LogP contribution < -0.4 is 5.32 Å². The molecule has 29 heavy (non-hydrogen) atoms. The Morgan fingerprint density at radius 3 is 2.83 bits per heavy atom. The number of H-pyrrole nitrogens is 1. The lowest BCUT2D eigenvalue weighted by atomic mass is 10.0. The number of sulfone groups is 1. The van der Waals surface area contributed by atoms with Gasteiger partial charge in [-0.25, -0.2) is 13.2 Å². The average molecular weight is 441 g/mol. The molecule has 158 valence electrons. The van der Waals surface area contributed by atoms with Crippen LogP contribution in [0.25, 0.3) is 10.9 Å². The molecule has 3 amide bonds. The first-order chi connectivity index (χ1) is 13.6. The summed E-state index contributed by atoms with van der Waals surface area (Å²) < 4.78 is 22.8. The second kappa shape index (κ2) is 8.62. The number of halogens is 1. The fraction of sp³-hybridized carbons (Fsp3) is 0.474. The Labute approximate surface area is 175 Å². The Hall–Kier alpha value is -2.26. The zero-order chi connectivity index (χ0) is 21.2. The van der Waals surface area contributed by atoms with Crippen molar-refractivity contribution in [3.8, 4) is 0 Å². The van der Waals surface area contributed by atoms with Gasteiger partial charge in [0, 0.05) is 48.0 Å². The number of carbonyl (C=O) groups excluding carboxylic acids is 2. The molecule has 3 rings (SSSR count). The van der Waals surface area contributed by atoms with Crippen molar-refractivity contribution in [3.05, 3.63) is 35.0 Å². The first-order valence-corrected chi connectivity index (χ1v) is 11.8. The van der Waals surface area contributed by atoms with Gasteiger partial charge in [0.1, 0.15) is 5.75 Å². The molecule has 2 heterocycles. The maximum atomic E-state index is 12.6. The number of urea groups is 1. The Bertz CT molecular complexity index is 1020. The first-order valence-electron chi connectivity index (χ1n) is 9.36. The van der Waals surface area contributed by atoms with Crippen molar-refractivity contribution < 1.29 is 18.0 Å². The minimum atomic E-state index is -3.38. The summed E-state index contributed by atoms with van der Waals surface area (Å²) in [4.78, 5) is 31.1. The molecule has 1 aromatic carbocycles. The molecule has 1 fully saturated rings. The average Bonchev–Trinajstić information content (AvgIpc) is 3.06. The van der Waals surface area contributed by atoms with Crippen LogP contribution in [0, 0.1) is 0 Å². The second-order valence-electron chi connectivity index (χ2n) is 7.50. The van der Waals surface area contributed by atoms with E-state index in [1.807, 2.05) is 18.2 Å². The van der Waals surface area contributed by atoms with Gasteiger partial charge in [0.05, 0.1) is 12.6 Å². The number of rotatable bonds is 5. The summed E-state index contributed by atoms with van der Waals surface area (Å²) in [7, 11) is -1.69. The van der Waals surface area contributed by atoms with E-state index in [-0.39, 0.29) is 12.1 Å². The van der Waals surface area contributed by atoms with Gasteiger partial charge >= 0.3 is 6.03 Å². The van der Waals surface area contributed by atoms with Gasteiger partial charge in [-0.15, -0.1) is 0 Å². The molecule has 1 atom stereocenters. The van der Waals surface area contributed by atoms with Gasteiger partial charge in [0.15, 0.2) is 9.84 Å². The highest BCUT2D eigenvalue weighted by atomic mass is 35.5. The molecule has 0 radical (unpaired) electrons. The third kappa shape index (κ3) is 5.63. The van der Waals surface area contributed by atoms with Crippen LogP contribution in [-0.4, -0.2) is 73.3 Å². The standard InChI is InChI=1S/C19H25ClN4O4S/c1-23(16-4-3-7-24(11-16)18(25)12-29(2,27)28)19(26)21-10-15-9-13-8-14(20)5-6-17(13)22-15/h5-6,8-9,16,22H,3-4,7,10-12H2,1-2H3,(H,21,26)/t16-/m1/s1. The molecule has 2 N–H and O–H groups in total. The predicted molar refractivity (Wildman–Crippen MR) is 113 cm³/mol. The van der Waals surface area contributed by atoms with E-state index in [2.05, 4.69) is 10.3 Å². The molecule has 0 spiro atoms. The molecule has 8 nitrogen and oxygen atoms in total. The van der Waals surface area contributed by atoms with Gasteiger partial charge in [-0.2, -0.15) is 0 Å². The van der Waals surface area contributed by atoms with Crippen LogP contribution in [0.5, 0.6) is 0 Å². The van der Waals surface area contributed by atoms with Gasteiger partial charge in [-0.3, -0.25) is 4.79 Å². The molecule has 1 aromatic heterocycles. The molecular weight excluding hydrogens is 416 g/mol. The number of likely N-dealkylation sites (tertiary alicyclic amines) is 1. The normalized spacial score (nSPS) is 17.3. The minimum absolute atomic E-state index is 0.159. The predicted octanol–water partition coefficient (Wildman–Crippen LogP) is 2.00. The zero-order valence-corrected chi connectivity index (χ0v) is 18.0. The lowest BCUT2D eigenvalue weighted by Crippen LogP contribution is -2.53. The summed E-state index contributed by atoms with van der Waals surface area (Å²) in [5, 5.41) is 4.50. The largest absolute Gasteiger partial charge is 0.357 e. The number of aromatic nitrogens is 1. The van der Waals surface area contributed by atoms with Crippen molar-refractivity contribution in [2.75, 3.05) is 32.1 Å². The number of benzene rings is 1. The van der Waals surface area contributed by atoms with Crippen LogP contribution in [0.15, 0.2) is 24.3 Å². The van der Waals surface area contributed by atoms with E-state index < -0.39 is 21.5 Å². The molecule has 0 saturated carbocycles. The number of nitrogens with one attached hydrogen (secondary N) is 2. The number of likely N-dealkylation sites (N-methyl/N-ethyl adjacent to an activating group) is 1. The number of carbonyl (C=O) groups is 2. The Morgan fingerprint density at radius 1 is 1.34 bits per heavy atom. The van der Waals surface area contributed by atoms with Crippen molar-refractivity contribution in [2.45, 2.75) is 25.4 Å². The summed E-state index contributed by atoms with van der Waals surface area (Å²) >= 11 is 6.00. The maximum Gasteiger partial charge on any atom is 0.317 e. The summed E-state index contributed by atoms with van der Waals surface area (Å²) in [6.07, 6.45) is 2.53. The third-order valence-electron chi connectivity index (χ3n) is 5.07. The SMILES string of the molecule is CN(C(=O)NCc1cc2cc(Cl)ccc2[nH]1)[C@@H]1CCCN(C(=O)CS(C)(=O)=O)C1. The van der Waals surface area contributed by atoms with E-state index in [0.29, 0.717) is 24.7 Å². The highest BCUT2D eigenvalue weighted by molar-refractivity contribution is 7.91. The Balaban J connectivity index is 1.56. The number of fused-ring (bicyclic) bond motifs is 1. The smallest absolute Gasteiger partial charge is 0.317 e. The molecule has 1 aliphatic rings. The number of hydrogen-bond donors (Lipinski definition) is 2. The van der Waals surface area contributed by atoms with Crippen molar-refractivity contribution in [3.63, 3.8) is 0 Å². The lowest BCUT2D eigenvalue weighted by Gasteiger charge is -2.37. The molecule has 1 saturated heterocycles. The topological polar surface area (TPSA) is 103 Å². The van der Waals surface area contributed by atoms with Gasteiger partial charge in [-0.05, 0) is 37.1 Å². The van der Waals surface area contributed by atoms with Gasteiger partial charge in [-0.1, -0.05) is 11.6 Å². The van der Waals surface area contributed by atoms with E-state index in [1.54, 1.807) is 18.0 Å². The van der Waals surface area contributed by atoms with E-state index in [4.69, 9.17) is 11.6 Å². The van der Waals surface area contributed by atoms with Crippen molar-refractivity contribution in [1.82, 2.24) is 20.1 Å². The van der Waals surface area contributed by atoms with Crippen LogP contribution in [0.4, 0.5) is 4.79 Å². The summed E-state index contributed by atoms with van der Waals surface area (Å²) in [6, 6.07) is 7.08. The third-order valence-corrected chi connectivity index (χ3v) is 6.08. The highest BCUT2D eigenvalue weighted by Crippen LogP contribution is 2.20. The maximum absolute atomic E-state index is 12.6. The van der Waals surface area contributed by atoms with Gasteiger partial charge < -0.3 is 20.1 Å². The molecule has 0 unspecified atom stereocenters. The number of amides is 3. The van der Waals surface area contributed by atoms with Crippen molar-refractivity contribution >= 4 is 44.3 Å². The fourth-order valence-electron chi connectivity index (χ4n) is 3.53. The van der Waals surface area contributed by atoms with Crippen molar-refractivity contribution in [2.24, 2.45) is 0 Å². The van der Waals surface area contributed by atoms with E-state index in [0.717, 1.165) is 35.7 Å². The molecule has 10 heteroatoms. The number of hydrogen-bond acceptors (Lipinski definition) is 4. The molecule has 0 aliphatic carbocycles. The fourth-order valence-corrected chi connectivity index (χ4v) is 4.34. The Morgan fingerprint density at radius 2 is 2.10 bits per heavy atom. The van der Waals surface area contributed by atoms with E-state index >= 15 is 0 Å². The first kappa shape index (κ1) is 21.4. The van der Waals surface area contributed by atoms with Crippen LogP contribution in [0.3, 0.4) is 0 Å². The minimum Gasteiger partial charge on any atom is -0.357 e. The van der Waals surface area contributed by atoms with Gasteiger partial charge in [0.25, 0.3) is 0 Å². The summed E-state index contributed by atoms with van der Waals surface area (Å²) in [6.45, 7) is 1.18. The van der Waals surface area contributed by atoms with Crippen LogP contribution >= 0.6 is 11.6 Å². The molecule has 2 aromatic rings. The monoisotopic (exact) mass is 440 g/mol. The number of nitrogens with zero attached hydrogens (tertiary/aromatic N) is 2. The Kier molecular flexibility index (Phi) is 6.38. The molecule has 0 bridgehead atoms. The van der Waals surface area contributed by atoms with Gasteiger partial charge in [0.2, 0.25) is 5.91 Å². The van der Waals surface area contributed by atoms with E-state index in [9.17, 15) is 18.0 Å². The summed E-state index contributed by atoms with van der Waals surface area (Å²) in [5.41, 5.74) is 1.80. The van der Waals surface area contributed by atoms with Crippen LogP contribution in [0.2, 0.25) is 5.02 Å². The van der Waals surface area contributed by atoms with E-state index in [1.165, 1.54) is 4.90 Å². The lowest BCUT2D eigenvalue weighted by molar-refractivity contribution is -0.130. The van der Waals surface area contributed by atoms with Crippen LogP contribution in [-0.2, 0) is 21.2 Å². The summed E-state index contributed by atoms with van der Waals surface area (Å²) in [5.74, 6) is -0.914. The number of piperidine rings is 1. The zero-order valence-electron chi connectivity index (χ0n) is 16.4. The van der Waals surface area contributed by atoms with Crippen LogP contribution in [0.1, 0.15) is 18.5 Å². The highest BCUT2D eigenvalue weighted by Gasteiger charge is 2.29. The second-order valence-corrected chi connectivity index (χ2v) is 10.1. The molecular formula is C19H25ClN4O4S. The van der Waals surface area contributed by atoms with Crippen molar-refractivity contribution in [1.29, 1.82) is 0 Å². The number of aromatic amines is 1.